The van der Waals surface area contributed by atoms with Crippen molar-refractivity contribution in [3.63, 3.8) is 0 Å². The number of aromatic amines is 1. The van der Waals surface area contributed by atoms with E-state index in [9.17, 15) is 4.79 Å². The molecule has 2 amide bonds. The minimum Gasteiger partial charge on any atom is -0.0378 e. The van der Waals surface area contributed by atoms with E-state index in [1.54, 1.807) is 0 Å². The van der Waals surface area contributed by atoms with Gasteiger partial charge in [0.2, 0.25) is 0 Å². The maximum absolute atomic E-state index is 11.9. The quantitative estimate of drug-likeness (QED) is 0.181. The van der Waals surface area contributed by atoms with Crippen molar-refractivity contribution in [3.8, 4) is 33.6 Å². The second-order valence-electron chi connectivity index (χ2n) is 9.55. The van der Waals surface area contributed by atoms with E-state index in [1.165, 1.54) is 16.3 Å². The van der Waals surface area contributed by atoms with Crippen molar-refractivity contribution in [2.45, 2.75) is 37.0 Å². The number of benzene rings is 2. The fraction of sp³-hybridized carbons (Fsp3) is 0.233. The van der Waals surface area contributed by atoms with E-state index in [0.29, 0.717) is 6.54 Å². The Labute approximate surface area is 228 Å². The molecule has 0 saturated heterocycles. The smallest absolute Gasteiger partial charge is 0.0378 e. The van der Waals surface area contributed by atoms with Gasteiger partial charge in [-0.25, -0.2) is 4.79 Å². The molecule has 194 valence electrons. The minimum atomic E-state index is -0.762. The molecule has 0 unspecified atom stereocenters. The summed E-state index contributed by atoms with van der Waals surface area (Å²) in [6.07, 6.45) is 3.96. The topological polar surface area (TPSA) is 87.6 Å². The third kappa shape index (κ3) is 5.53. The van der Waals surface area contributed by atoms with E-state index in [-0.39, 0.29) is 6.03 Å². The Kier molecular flexibility index (Phi) is 7.66. The van der Waals surface area contributed by atoms with E-state index in [2.05, 4.69) is 81.5 Å². The van der Waals surface area contributed by atoms with Gasteiger partial charge < -0.3 is 10.6 Å². The van der Waals surface area contributed by atoms with Crippen LogP contribution in [0, 0.1) is 0 Å². The van der Waals surface area contributed by atoms with Gasteiger partial charge in [-0.05, 0) is 26.0 Å². The van der Waals surface area contributed by atoms with E-state index < -0.39 is 14.7 Å². The SMILES string of the molecule is CCNC(=O)Nc1ccc(-c2nn(CC)cc2-c2ccnc3[nH]c(-c4cccc(C[As](C)C)c4)cc23)cc1. The average Bonchev–Trinajstić information content (AvgIpc) is 3.54. The molecule has 38 heavy (non-hydrogen) atoms. The summed E-state index contributed by atoms with van der Waals surface area (Å²) < 4.78 is 1.96. The van der Waals surface area contributed by atoms with E-state index in [0.717, 1.165) is 51.3 Å². The molecule has 0 radical (unpaired) electrons. The Bertz CT molecular complexity index is 1570. The maximum atomic E-state index is 11.9. The number of aromatic nitrogens is 4. The summed E-state index contributed by atoms with van der Waals surface area (Å²) in [6.45, 7) is 5.32. The number of nitrogens with one attached hydrogen (secondary N) is 3. The molecule has 0 aliphatic carbocycles. The van der Waals surface area contributed by atoms with Crippen molar-refractivity contribution in [1.82, 2.24) is 25.1 Å². The minimum absolute atomic E-state index is 0.212. The van der Waals surface area contributed by atoms with Crippen LogP contribution in [-0.2, 0) is 11.8 Å². The normalized spacial score (nSPS) is 11.3. The number of nitrogens with zero attached hydrogens (tertiary/aromatic N) is 3. The molecule has 0 fully saturated rings. The molecule has 3 N–H and O–H groups in total. The van der Waals surface area contributed by atoms with Crippen molar-refractivity contribution in [2.75, 3.05) is 11.9 Å². The van der Waals surface area contributed by atoms with Crippen molar-refractivity contribution in [1.29, 1.82) is 0 Å². The van der Waals surface area contributed by atoms with Crippen molar-refractivity contribution in [2.24, 2.45) is 0 Å². The molecule has 5 aromatic rings. The Hall–Kier alpha value is -3.83. The second-order valence-corrected chi connectivity index (χ2v) is 14.7. The van der Waals surface area contributed by atoms with Gasteiger partial charge in [0.25, 0.3) is 0 Å². The van der Waals surface area contributed by atoms with Gasteiger partial charge in [-0.1, -0.05) is 0 Å². The van der Waals surface area contributed by atoms with Crippen molar-refractivity contribution in [3.05, 3.63) is 78.6 Å². The zero-order valence-electron chi connectivity index (χ0n) is 22.2. The molecule has 2 aromatic carbocycles. The summed E-state index contributed by atoms with van der Waals surface area (Å²) >= 11 is -0.762. The van der Waals surface area contributed by atoms with Crippen molar-refractivity contribution < 1.29 is 4.79 Å². The number of rotatable bonds is 8. The van der Waals surface area contributed by atoms with Gasteiger partial charge in [-0.15, -0.1) is 0 Å². The van der Waals surface area contributed by atoms with Crippen LogP contribution in [0.1, 0.15) is 19.4 Å². The van der Waals surface area contributed by atoms with E-state index in [4.69, 9.17) is 5.10 Å². The van der Waals surface area contributed by atoms with Crippen LogP contribution in [-0.4, -0.2) is 47.0 Å². The summed E-state index contributed by atoms with van der Waals surface area (Å²) in [5.41, 5.74) is 14.0. The van der Waals surface area contributed by atoms with Gasteiger partial charge in [0.05, 0.1) is 0 Å². The number of urea groups is 1. The number of carbonyl (C=O) groups excluding carboxylic acids is 1. The summed E-state index contributed by atoms with van der Waals surface area (Å²) in [4.78, 5) is 20.1. The predicted octanol–water partition coefficient (Wildman–Crippen LogP) is 6.76. The number of anilines is 1. The molecule has 0 aliphatic heterocycles. The first-order valence-electron chi connectivity index (χ1n) is 12.9. The fourth-order valence-electron chi connectivity index (χ4n) is 4.66. The second kappa shape index (κ2) is 11.3. The van der Waals surface area contributed by atoms with Crippen LogP contribution < -0.4 is 10.6 Å². The Balaban J connectivity index is 1.54. The Morgan fingerprint density at radius 3 is 2.55 bits per heavy atom. The Morgan fingerprint density at radius 2 is 1.82 bits per heavy atom. The average molecular weight is 569 g/mol. The van der Waals surface area contributed by atoms with Crippen LogP contribution in [0.15, 0.2) is 73.1 Å². The molecule has 0 bridgehead atoms. The molecular weight excluding hydrogens is 535 g/mol. The number of hydrogen-bond donors (Lipinski definition) is 3. The number of hydrogen-bond acceptors (Lipinski definition) is 3. The molecule has 7 nitrogen and oxygen atoms in total. The fourth-order valence-corrected chi connectivity index (χ4v) is 6.61. The number of fused-ring (bicyclic) bond motifs is 1. The van der Waals surface area contributed by atoms with Gasteiger partial charge in [0.15, 0.2) is 0 Å². The number of amides is 2. The molecule has 3 aromatic heterocycles. The molecular formula is C30H33AsN6O. The standard InChI is InChI=1S/C30H33AsN6O/c1-5-32-30(38)34-23-12-10-21(11-13-23)28-26(19-37(6-2)36-28)24-14-15-33-29-25(24)17-27(35-29)22-9-7-8-20(16-22)18-31(3)4/h7-17,19H,5-6,18H2,1-4H3,(H,33,35)(H2,32,34,38). The van der Waals surface area contributed by atoms with Crippen molar-refractivity contribution >= 4 is 37.4 Å². The summed E-state index contributed by atoms with van der Waals surface area (Å²) in [7, 11) is 0. The zero-order valence-corrected chi connectivity index (χ0v) is 24.1. The molecule has 0 aliphatic rings. The van der Waals surface area contributed by atoms with Gasteiger partial charge >= 0.3 is 175 Å². The van der Waals surface area contributed by atoms with Gasteiger partial charge in [-0.2, -0.15) is 0 Å². The summed E-state index contributed by atoms with van der Waals surface area (Å²) in [5, 5.41) is 12.8. The van der Waals surface area contributed by atoms with Crippen LogP contribution in [0.3, 0.4) is 0 Å². The molecule has 5 rings (SSSR count). The molecule has 0 spiro atoms. The Morgan fingerprint density at radius 1 is 1.00 bits per heavy atom. The van der Waals surface area contributed by atoms with E-state index >= 15 is 0 Å². The molecule has 8 heteroatoms. The van der Waals surface area contributed by atoms with Crippen LogP contribution in [0.25, 0.3) is 44.7 Å². The first-order valence-corrected chi connectivity index (χ1v) is 18.0. The molecule has 3 heterocycles. The summed E-state index contributed by atoms with van der Waals surface area (Å²) in [6, 6.07) is 20.7. The first kappa shape index (κ1) is 25.8. The number of pyridine rings is 1. The van der Waals surface area contributed by atoms with Gasteiger partial charge in [-0.3, -0.25) is 0 Å². The van der Waals surface area contributed by atoms with Crippen LogP contribution >= 0.6 is 0 Å². The van der Waals surface area contributed by atoms with Crippen LogP contribution in [0.4, 0.5) is 10.5 Å². The third-order valence-corrected chi connectivity index (χ3v) is 8.49. The number of aryl methyl sites for hydroxylation is 1. The number of H-pyrrole nitrogens is 1. The third-order valence-electron chi connectivity index (χ3n) is 6.40. The first-order chi connectivity index (χ1) is 18.4. The number of carbonyl (C=O) groups is 1. The van der Waals surface area contributed by atoms with Crippen LogP contribution in [0.5, 0.6) is 0 Å². The van der Waals surface area contributed by atoms with Crippen LogP contribution in [0.2, 0.25) is 11.4 Å². The molecule has 0 atom stereocenters. The molecule has 0 saturated carbocycles. The van der Waals surface area contributed by atoms with Gasteiger partial charge in [0.1, 0.15) is 0 Å². The van der Waals surface area contributed by atoms with Gasteiger partial charge in [0, 0.05) is 12.2 Å². The predicted molar refractivity (Wildman–Crippen MR) is 158 cm³/mol. The summed E-state index contributed by atoms with van der Waals surface area (Å²) in [5.74, 6) is 0. The monoisotopic (exact) mass is 568 g/mol. The van der Waals surface area contributed by atoms with E-state index in [1.807, 2.05) is 42.1 Å². The zero-order chi connectivity index (χ0) is 26.6.